The standard InChI is InChI=1S/C15H20BrClO/c1-4-11-7-12(16)5-6-13(11)15(3)8-10(2)14(17)9-18-15/h5-7,10,14H,4,8-9H2,1-3H3/t10-,14-,15+/m1/s1. The molecule has 1 aliphatic rings. The summed E-state index contributed by atoms with van der Waals surface area (Å²) in [6.07, 6.45) is 2.00. The largest absolute Gasteiger partial charge is 0.369 e. The fourth-order valence-electron chi connectivity index (χ4n) is 2.79. The molecule has 0 saturated carbocycles. The van der Waals surface area contributed by atoms with E-state index in [2.05, 4.69) is 54.9 Å². The smallest absolute Gasteiger partial charge is 0.0909 e. The number of hydrogen-bond donors (Lipinski definition) is 0. The second-order valence-corrected chi connectivity index (χ2v) is 6.87. The zero-order valence-corrected chi connectivity index (χ0v) is 13.5. The summed E-state index contributed by atoms with van der Waals surface area (Å²) in [5.41, 5.74) is 2.47. The van der Waals surface area contributed by atoms with Gasteiger partial charge in [0.05, 0.1) is 17.6 Å². The van der Waals surface area contributed by atoms with Gasteiger partial charge in [0, 0.05) is 4.47 Å². The lowest BCUT2D eigenvalue weighted by molar-refractivity contribution is -0.0856. The van der Waals surface area contributed by atoms with Crippen molar-refractivity contribution in [2.45, 2.75) is 44.6 Å². The molecule has 0 N–H and O–H groups in total. The van der Waals surface area contributed by atoms with E-state index in [-0.39, 0.29) is 11.0 Å². The first-order chi connectivity index (χ1) is 8.46. The van der Waals surface area contributed by atoms with Crippen LogP contribution in [0.3, 0.4) is 0 Å². The molecule has 0 bridgehead atoms. The molecule has 0 aromatic heterocycles. The Morgan fingerprint density at radius 3 is 2.83 bits per heavy atom. The molecule has 18 heavy (non-hydrogen) atoms. The number of rotatable bonds is 2. The summed E-state index contributed by atoms with van der Waals surface area (Å²) in [5.74, 6) is 0.485. The van der Waals surface area contributed by atoms with Crippen molar-refractivity contribution >= 4 is 27.5 Å². The minimum absolute atomic E-state index is 0.138. The molecule has 3 heteroatoms. The van der Waals surface area contributed by atoms with Crippen LogP contribution in [0.5, 0.6) is 0 Å². The Hall–Kier alpha value is -0.0500. The molecule has 0 spiro atoms. The van der Waals surface area contributed by atoms with E-state index in [1.165, 1.54) is 11.1 Å². The molecule has 100 valence electrons. The van der Waals surface area contributed by atoms with Crippen LogP contribution in [0, 0.1) is 5.92 Å². The van der Waals surface area contributed by atoms with E-state index >= 15 is 0 Å². The molecule has 1 heterocycles. The monoisotopic (exact) mass is 330 g/mol. The van der Waals surface area contributed by atoms with Gasteiger partial charge in [0.15, 0.2) is 0 Å². The van der Waals surface area contributed by atoms with Crippen molar-refractivity contribution in [3.05, 3.63) is 33.8 Å². The van der Waals surface area contributed by atoms with Crippen LogP contribution in [0.25, 0.3) is 0 Å². The lowest BCUT2D eigenvalue weighted by Crippen LogP contribution is -2.40. The molecule has 2 rings (SSSR count). The Morgan fingerprint density at radius 2 is 2.22 bits per heavy atom. The van der Waals surface area contributed by atoms with Gasteiger partial charge >= 0.3 is 0 Å². The van der Waals surface area contributed by atoms with Crippen LogP contribution in [0.1, 0.15) is 38.3 Å². The Labute approximate surface area is 123 Å². The molecule has 0 amide bonds. The molecular formula is C15H20BrClO. The SMILES string of the molecule is CCc1cc(Br)ccc1[C@]1(C)C[C@@H](C)[C@H](Cl)CO1. The molecule has 1 saturated heterocycles. The highest BCUT2D eigenvalue weighted by atomic mass is 79.9. The highest BCUT2D eigenvalue weighted by Gasteiger charge is 2.38. The van der Waals surface area contributed by atoms with E-state index < -0.39 is 0 Å². The summed E-state index contributed by atoms with van der Waals surface area (Å²) >= 11 is 9.79. The Kier molecular flexibility index (Phi) is 4.40. The number of benzene rings is 1. The quantitative estimate of drug-likeness (QED) is 0.701. The average molecular weight is 332 g/mol. The van der Waals surface area contributed by atoms with Crippen LogP contribution in [0.2, 0.25) is 0 Å². The van der Waals surface area contributed by atoms with Crippen LogP contribution in [-0.4, -0.2) is 12.0 Å². The molecule has 1 aromatic rings. The van der Waals surface area contributed by atoms with Gasteiger partial charge < -0.3 is 4.74 Å². The third kappa shape index (κ3) is 2.76. The van der Waals surface area contributed by atoms with Crippen molar-refractivity contribution in [3.8, 4) is 0 Å². The van der Waals surface area contributed by atoms with Gasteiger partial charge in [-0.05, 0) is 48.9 Å². The Morgan fingerprint density at radius 1 is 1.50 bits per heavy atom. The Balaban J connectivity index is 2.35. The van der Waals surface area contributed by atoms with E-state index in [0.29, 0.717) is 12.5 Å². The maximum Gasteiger partial charge on any atom is 0.0909 e. The number of ether oxygens (including phenoxy) is 1. The minimum atomic E-state index is -0.198. The fraction of sp³-hybridized carbons (Fsp3) is 0.600. The van der Waals surface area contributed by atoms with Crippen LogP contribution >= 0.6 is 27.5 Å². The van der Waals surface area contributed by atoms with E-state index in [4.69, 9.17) is 16.3 Å². The van der Waals surface area contributed by atoms with Crippen molar-refractivity contribution < 1.29 is 4.74 Å². The zero-order valence-electron chi connectivity index (χ0n) is 11.2. The summed E-state index contributed by atoms with van der Waals surface area (Å²) in [4.78, 5) is 0. The molecule has 0 aliphatic carbocycles. The third-order valence-corrected chi connectivity index (χ3v) is 4.96. The first kappa shape index (κ1) is 14.4. The van der Waals surface area contributed by atoms with E-state index in [9.17, 15) is 0 Å². The summed E-state index contributed by atoms with van der Waals surface area (Å²) in [6.45, 7) is 7.22. The molecular weight excluding hydrogens is 312 g/mol. The second-order valence-electron chi connectivity index (χ2n) is 5.39. The predicted octanol–water partition coefficient (Wildman–Crippen LogP) is 4.89. The topological polar surface area (TPSA) is 9.23 Å². The molecule has 1 fully saturated rings. The predicted molar refractivity (Wildman–Crippen MR) is 80.2 cm³/mol. The number of hydrogen-bond acceptors (Lipinski definition) is 1. The zero-order chi connectivity index (χ0) is 13.3. The summed E-state index contributed by atoms with van der Waals surface area (Å²) < 4.78 is 7.20. The molecule has 0 radical (unpaired) electrons. The minimum Gasteiger partial charge on any atom is -0.369 e. The van der Waals surface area contributed by atoms with Gasteiger partial charge in [-0.3, -0.25) is 0 Å². The number of alkyl halides is 1. The molecule has 1 aromatic carbocycles. The van der Waals surface area contributed by atoms with Gasteiger partial charge in [0.25, 0.3) is 0 Å². The van der Waals surface area contributed by atoms with Crippen molar-refractivity contribution in [2.75, 3.05) is 6.61 Å². The third-order valence-electron chi connectivity index (χ3n) is 3.91. The van der Waals surface area contributed by atoms with Crippen molar-refractivity contribution in [1.82, 2.24) is 0 Å². The summed E-state index contributed by atoms with van der Waals surface area (Å²) in [7, 11) is 0. The summed E-state index contributed by atoms with van der Waals surface area (Å²) in [6, 6.07) is 6.48. The van der Waals surface area contributed by atoms with E-state index in [1.54, 1.807) is 0 Å². The molecule has 0 unspecified atom stereocenters. The maximum absolute atomic E-state index is 6.25. The van der Waals surface area contributed by atoms with Crippen molar-refractivity contribution in [3.63, 3.8) is 0 Å². The van der Waals surface area contributed by atoms with Gasteiger partial charge in [-0.1, -0.05) is 35.8 Å². The van der Waals surface area contributed by atoms with Gasteiger partial charge in [-0.25, -0.2) is 0 Å². The number of halogens is 2. The van der Waals surface area contributed by atoms with Crippen LogP contribution in [0.4, 0.5) is 0 Å². The lowest BCUT2D eigenvalue weighted by atomic mass is 9.80. The van der Waals surface area contributed by atoms with Gasteiger partial charge in [-0.15, -0.1) is 11.6 Å². The molecule has 3 atom stereocenters. The Bertz CT molecular complexity index is 435. The normalized spacial score (nSPS) is 32.5. The van der Waals surface area contributed by atoms with Crippen LogP contribution < -0.4 is 0 Å². The highest BCUT2D eigenvalue weighted by Crippen LogP contribution is 2.41. The van der Waals surface area contributed by atoms with Crippen molar-refractivity contribution in [1.29, 1.82) is 0 Å². The number of aryl methyl sites for hydroxylation is 1. The van der Waals surface area contributed by atoms with Crippen molar-refractivity contribution in [2.24, 2.45) is 5.92 Å². The first-order valence-electron chi connectivity index (χ1n) is 6.53. The highest BCUT2D eigenvalue weighted by molar-refractivity contribution is 9.10. The van der Waals surface area contributed by atoms with Gasteiger partial charge in [0.1, 0.15) is 0 Å². The van der Waals surface area contributed by atoms with Gasteiger partial charge in [0.2, 0.25) is 0 Å². The van der Waals surface area contributed by atoms with E-state index in [0.717, 1.165) is 17.3 Å². The first-order valence-corrected chi connectivity index (χ1v) is 7.76. The lowest BCUT2D eigenvalue weighted by Gasteiger charge is -2.41. The van der Waals surface area contributed by atoms with E-state index in [1.807, 2.05) is 0 Å². The fourth-order valence-corrected chi connectivity index (χ4v) is 3.35. The maximum atomic E-state index is 6.25. The average Bonchev–Trinajstić information content (AvgIpc) is 2.34. The molecule has 1 nitrogen and oxygen atoms in total. The van der Waals surface area contributed by atoms with Crippen LogP contribution in [-0.2, 0) is 16.8 Å². The molecule has 1 aliphatic heterocycles. The summed E-state index contributed by atoms with van der Waals surface area (Å²) in [5, 5.41) is 0.138. The van der Waals surface area contributed by atoms with Gasteiger partial charge in [-0.2, -0.15) is 0 Å². The van der Waals surface area contributed by atoms with Crippen LogP contribution in [0.15, 0.2) is 22.7 Å². The second kappa shape index (κ2) is 5.52.